The van der Waals surface area contributed by atoms with Gasteiger partial charge in [-0.2, -0.15) is 0 Å². The third-order valence-corrected chi connectivity index (χ3v) is 4.63. The summed E-state index contributed by atoms with van der Waals surface area (Å²) in [6, 6.07) is 9.05. The molecule has 1 atom stereocenters. The van der Waals surface area contributed by atoms with E-state index in [1.807, 2.05) is 11.3 Å². The summed E-state index contributed by atoms with van der Waals surface area (Å²) in [5.74, 6) is 0. The summed E-state index contributed by atoms with van der Waals surface area (Å²) < 4.78 is 1.30. The van der Waals surface area contributed by atoms with Crippen molar-refractivity contribution in [2.45, 2.75) is 25.4 Å². The number of para-hydroxylation sites is 1. The van der Waals surface area contributed by atoms with Crippen LogP contribution < -0.4 is 5.32 Å². The number of likely N-dealkylation sites (tertiary alicyclic amines) is 1. The lowest BCUT2D eigenvalue weighted by molar-refractivity contribution is 0.188. The van der Waals surface area contributed by atoms with Crippen LogP contribution in [0, 0.1) is 0 Å². The number of hydrogen-bond donors (Lipinski definition) is 1. The molecule has 2 aromatic rings. The molecule has 0 saturated carbocycles. The number of hydrogen-bond acceptors (Lipinski definition) is 4. The molecule has 0 spiro atoms. The molecule has 0 aliphatic carbocycles. The molecule has 1 aliphatic heterocycles. The summed E-state index contributed by atoms with van der Waals surface area (Å²) in [5.41, 5.74) is 1.14. The van der Waals surface area contributed by atoms with Crippen molar-refractivity contribution >= 4 is 46.4 Å². The topological polar surface area (TPSA) is 28.2 Å². The fraction of sp³-hybridized carbons (Fsp3) is 0.500. The quantitative estimate of drug-likeness (QED) is 0.933. The van der Waals surface area contributed by atoms with Gasteiger partial charge in [0.05, 0.1) is 16.8 Å². The second kappa shape index (κ2) is 8.15. The molecule has 0 amide bonds. The molecule has 1 saturated heterocycles. The van der Waals surface area contributed by atoms with Crippen LogP contribution in [0.3, 0.4) is 0 Å². The Kier molecular flexibility index (Phi) is 7.20. The Labute approximate surface area is 136 Å². The van der Waals surface area contributed by atoms with E-state index in [1.54, 1.807) is 0 Å². The Morgan fingerprint density at radius 1 is 1.35 bits per heavy atom. The van der Waals surface area contributed by atoms with Crippen molar-refractivity contribution in [3.8, 4) is 0 Å². The highest BCUT2D eigenvalue weighted by atomic mass is 35.5. The normalized spacial score (nSPS) is 19.4. The first-order valence-corrected chi connectivity index (χ1v) is 7.41. The maximum absolute atomic E-state index is 4.71. The van der Waals surface area contributed by atoms with Gasteiger partial charge in [0.2, 0.25) is 0 Å². The van der Waals surface area contributed by atoms with Crippen molar-refractivity contribution in [2.75, 3.05) is 20.1 Å². The predicted octanol–water partition coefficient (Wildman–Crippen LogP) is 3.32. The summed E-state index contributed by atoms with van der Waals surface area (Å²) in [6.45, 7) is 3.35. The van der Waals surface area contributed by atoms with E-state index in [-0.39, 0.29) is 24.8 Å². The van der Waals surface area contributed by atoms with Crippen molar-refractivity contribution in [1.29, 1.82) is 0 Å². The van der Waals surface area contributed by atoms with E-state index in [0.29, 0.717) is 6.04 Å². The van der Waals surface area contributed by atoms with Crippen LogP contribution in [-0.2, 0) is 6.54 Å². The fourth-order valence-corrected chi connectivity index (χ4v) is 3.62. The number of halogens is 2. The van der Waals surface area contributed by atoms with Gasteiger partial charge in [0.15, 0.2) is 0 Å². The lowest BCUT2D eigenvalue weighted by atomic mass is 10.1. The highest BCUT2D eigenvalue weighted by Gasteiger charge is 2.19. The van der Waals surface area contributed by atoms with E-state index < -0.39 is 0 Å². The first kappa shape index (κ1) is 17.7. The number of likely N-dealkylation sites (N-methyl/N-ethyl adjacent to an activating group) is 1. The fourth-order valence-electron chi connectivity index (χ4n) is 2.61. The molecule has 2 heterocycles. The molecule has 112 valence electrons. The van der Waals surface area contributed by atoms with Gasteiger partial charge in [-0.25, -0.2) is 4.98 Å². The van der Waals surface area contributed by atoms with E-state index in [1.165, 1.54) is 29.1 Å². The van der Waals surface area contributed by atoms with Gasteiger partial charge in [-0.05, 0) is 38.6 Å². The van der Waals surface area contributed by atoms with Crippen molar-refractivity contribution in [3.63, 3.8) is 0 Å². The van der Waals surface area contributed by atoms with E-state index in [2.05, 4.69) is 41.5 Å². The zero-order valence-electron chi connectivity index (χ0n) is 11.5. The highest BCUT2D eigenvalue weighted by Crippen LogP contribution is 2.23. The number of aromatic nitrogens is 1. The molecule has 0 bridgehead atoms. The second-order valence-corrected chi connectivity index (χ2v) is 6.05. The maximum atomic E-state index is 4.71. The highest BCUT2D eigenvalue weighted by molar-refractivity contribution is 7.18. The Balaban J connectivity index is 0.000001000. The van der Waals surface area contributed by atoms with E-state index in [0.717, 1.165) is 18.6 Å². The number of fused-ring (bicyclic) bond motifs is 1. The molecule has 1 fully saturated rings. The van der Waals surface area contributed by atoms with Crippen LogP contribution in [0.4, 0.5) is 0 Å². The lowest BCUT2D eigenvalue weighted by Crippen LogP contribution is -2.43. The Hall–Kier alpha value is -0.390. The third-order valence-electron chi connectivity index (χ3n) is 3.61. The van der Waals surface area contributed by atoms with Crippen LogP contribution in [0.5, 0.6) is 0 Å². The molecule has 1 unspecified atom stereocenters. The number of thiazole rings is 1. The zero-order chi connectivity index (χ0) is 12.4. The summed E-state index contributed by atoms with van der Waals surface area (Å²) >= 11 is 1.83. The molecule has 6 heteroatoms. The molecule has 0 radical (unpaired) electrons. The molecule has 1 aromatic heterocycles. The summed E-state index contributed by atoms with van der Waals surface area (Å²) in [5, 5.41) is 4.63. The Morgan fingerprint density at radius 3 is 2.90 bits per heavy atom. The number of piperidine rings is 1. The largest absolute Gasteiger partial charge is 0.316 e. The number of nitrogens with one attached hydrogen (secondary N) is 1. The van der Waals surface area contributed by atoms with Gasteiger partial charge < -0.3 is 5.32 Å². The van der Waals surface area contributed by atoms with Gasteiger partial charge in [-0.1, -0.05) is 12.1 Å². The average Bonchev–Trinajstić information content (AvgIpc) is 2.81. The molecule has 1 aliphatic rings. The molecule has 20 heavy (non-hydrogen) atoms. The first-order chi connectivity index (χ1) is 8.85. The molecule has 3 rings (SSSR count). The molecule has 1 N–H and O–H groups in total. The minimum absolute atomic E-state index is 0. The standard InChI is InChI=1S/C14H19N3S.2ClH/c1-15-11-5-4-8-17(9-11)10-14-16-12-6-2-3-7-13(12)18-14;;/h2-3,6-7,11,15H,4-5,8-10H2,1H3;2*1H. The van der Waals surface area contributed by atoms with Gasteiger partial charge in [-0.15, -0.1) is 36.2 Å². The molecular formula is C14H21Cl2N3S. The van der Waals surface area contributed by atoms with Gasteiger partial charge in [-0.3, -0.25) is 4.90 Å². The van der Waals surface area contributed by atoms with E-state index >= 15 is 0 Å². The van der Waals surface area contributed by atoms with Crippen molar-refractivity contribution < 1.29 is 0 Å². The van der Waals surface area contributed by atoms with Crippen molar-refractivity contribution in [2.24, 2.45) is 0 Å². The van der Waals surface area contributed by atoms with Gasteiger partial charge in [0.25, 0.3) is 0 Å². The summed E-state index contributed by atoms with van der Waals surface area (Å²) in [7, 11) is 2.06. The minimum Gasteiger partial charge on any atom is -0.316 e. The smallest absolute Gasteiger partial charge is 0.108 e. The van der Waals surface area contributed by atoms with Crippen molar-refractivity contribution in [1.82, 2.24) is 15.2 Å². The predicted molar refractivity (Wildman–Crippen MR) is 91.5 cm³/mol. The van der Waals surface area contributed by atoms with Crippen LogP contribution in [0.1, 0.15) is 17.8 Å². The first-order valence-electron chi connectivity index (χ1n) is 6.59. The number of benzene rings is 1. The van der Waals surface area contributed by atoms with Crippen LogP contribution in [0.25, 0.3) is 10.2 Å². The van der Waals surface area contributed by atoms with Gasteiger partial charge in [0, 0.05) is 12.6 Å². The van der Waals surface area contributed by atoms with Crippen LogP contribution in [0.15, 0.2) is 24.3 Å². The number of nitrogens with zero attached hydrogens (tertiary/aromatic N) is 2. The van der Waals surface area contributed by atoms with E-state index in [9.17, 15) is 0 Å². The SMILES string of the molecule is CNC1CCCN(Cc2nc3ccccc3s2)C1.Cl.Cl. The monoisotopic (exact) mass is 333 g/mol. The Morgan fingerprint density at radius 2 is 2.15 bits per heavy atom. The van der Waals surface area contributed by atoms with E-state index in [4.69, 9.17) is 4.98 Å². The summed E-state index contributed by atoms with van der Waals surface area (Å²) in [6.07, 6.45) is 2.59. The van der Waals surface area contributed by atoms with Gasteiger partial charge >= 0.3 is 0 Å². The molecular weight excluding hydrogens is 313 g/mol. The van der Waals surface area contributed by atoms with Crippen LogP contribution in [-0.4, -0.2) is 36.1 Å². The average molecular weight is 334 g/mol. The maximum Gasteiger partial charge on any atom is 0.108 e. The second-order valence-electron chi connectivity index (χ2n) is 4.94. The third kappa shape index (κ3) is 4.06. The minimum atomic E-state index is 0. The van der Waals surface area contributed by atoms with Crippen LogP contribution >= 0.6 is 36.2 Å². The lowest BCUT2D eigenvalue weighted by Gasteiger charge is -2.31. The summed E-state index contributed by atoms with van der Waals surface area (Å²) in [4.78, 5) is 7.23. The Bertz CT molecular complexity index is 499. The van der Waals surface area contributed by atoms with Gasteiger partial charge in [0.1, 0.15) is 5.01 Å². The number of rotatable bonds is 3. The molecule has 1 aromatic carbocycles. The van der Waals surface area contributed by atoms with Crippen molar-refractivity contribution in [3.05, 3.63) is 29.3 Å². The zero-order valence-corrected chi connectivity index (χ0v) is 14.0. The van der Waals surface area contributed by atoms with Crippen LogP contribution in [0.2, 0.25) is 0 Å². The molecule has 3 nitrogen and oxygen atoms in total.